The van der Waals surface area contributed by atoms with Crippen molar-refractivity contribution >= 4 is 41.1 Å². The molecule has 8 heteroatoms. The lowest BCUT2D eigenvalue weighted by atomic mass is 10.0. The molecule has 6 nitrogen and oxygen atoms in total. The number of benzene rings is 1. The van der Waals surface area contributed by atoms with E-state index in [0.29, 0.717) is 27.7 Å². The number of aromatic nitrogens is 1. The van der Waals surface area contributed by atoms with Crippen LogP contribution in [0.5, 0.6) is 5.75 Å². The van der Waals surface area contributed by atoms with Crippen LogP contribution in [0.4, 0.5) is 0 Å². The van der Waals surface area contributed by atoms with E-state index in [4.69, 9.17) is 9.16 Å². The van der Waals surface area contributed by atoms with Crippen molar-refractivity contribution in [3.8, 4) is 5.75 Å². The zero-order valence-electron chi connectivity index (χ0n) is 19.0. The Morgan fingerprint density at radius 2 is 1.87 bits per heavy atom. The molecule has 1 atom stereocenters. The molecule has 0 saturated heterocycles. The molecule has 0 aliphatic heterocycles. The first-order valence-corrected chi connectivity index (χ1v) is 13.7. The molecule has 1 unspecified atom stereocenters. The molecule has 0 spiro atoms. The van der Waals surface area contributed by atoms with Crippen molar-refractivity contribution in [2.45, 2.75) is 58.8 Å². The molecule has 2 aromatic rings. The Balaban J connectivity index is 2.72. The minimum absolute atomic E-state index is 0.0560. The second-order valence-electron chi connectivity index (χ2n) is 9.47. The molecule has 0 amide bonds. The summed E-state index contributed by atoms with van der Waals surface area (Å²) in [6.45, 7) is 15.5. The van der Waals surface area contributed by atoms with Crippen molar-refractivity contribution in [2.24, 2.45) is 5.92 Å². The first-order valence-electron chi connectivity index (χ1n) is 10.0. The Labute approximate surface area is 187 Å². The maximum atomic E-state index is 12.8. The topological polar surface area (TPSA) is 77.8 Å². The molecule has 1 aromatic carbocycles. The first kappa shape index (κ1) is 24.6. The lowest BCUT2D eigenvalue weighted by Crippen LogP contribution is -2.42. The number of aromatic carboxylic acids is 1. The van der Waals surface area contributed by atoms with E-state index in [9.17, 15) is 14.7 Å². The Hall–Kier alpha value is -1.64. The third-order valence-corrected chi connectivity index (χ3v) is 11.2. The van der Waals surface area contributed by atoms with Gasteiger partial charge < -0.3 is 18.8 Å². The molecule has 1 heterocycles. The molecule has 0 radical (unpaired) electrons. The number of methoxy groups -OCH3 is 1. The van der Waals surface area contributed by atoms with Crippen molar-refractivity contribution in [3.05, 3.63) is 38.6 Å². The quantitative estimate of drug-likeness (QED) is 0.497. The molecule has 30 heavy (non-hydrogen) atoms. The van der Waals surface area contributed by atoms with Gasteiger partial charge in [-0.05, 0) is 46.0 Å². The predicted molar refractivity (Wildman–Crippen MR) is 126 cm³/mol. The molecule has 1 aromatic heterocycles. The molecule has 1 N–H and O–H groups in total. The van der Waals surface area contributed by atoms with Gasteiger partial charge in [0, 0.05) is 17.6 Å². The van der Waals surface area contributed by atoms with E-state index >= 15 is 0 Å². The van der Waals surface area contributed by atoms with Crippen LogP contribution in [0.2, 0.25) is 18.1 Å². The summed E-state index contributed by atoms with van der Waals surface area (Å²) in [5.74, 6) is -0.515. The van der Waals surface area contributed by atoms with Crippen LogP contribution in [0, 0.1) is 5.92 Å². The third-order valence-electron chi connectivity index (χ3n) is 6.08. The van der Waals surface area contributed by atoms with Gasteiger partial charge in [-0.25, -0.2) is 4.79 Å². The highest BCUT2D eigenvalue weighted by Crippen LogP contribution is 2.38. The van der Waals surface area contributed by atoms with Gasteiger partial charge in [-0.15, -0.1) is 0 Å². The number of hydrogen-bond acceptors (Lipinski definition) is 4. The van der Waals surface area contributed by atoms with Crippen LogP contribution in [0.3, 0.4) is 0 Å². The van der Waals surface area contributed by atoms with Crippen molar-refractivity contribution in [1.82, 2.24) is 4.57 Å². The van der Waals surface area contributed by atoms with Gasteiger partial charge in [0.2, 0.25) is 5.43 Å². The smallest absolute Gasteiger partial charge is 0.341 e. The summed E-state index contributed by atoms with van der Waals surface area (Å²) in [4.78, 5) is 24.6. The molecular weight excluding hydrogens is 466 g/mol. The Bertz CT molecular complexity index is 1010. The largest absolute Gasteiger partial charge is 0.495 e. The molecule has 166 valence electrons. The van der Waals surface area contributed by atoms with Gasteiger partial charge in [0.05, 0.1) is 29.7 Å². The van der Waals surface area contributed by atoms with Crippen molar-refractivity contribution in [1.29, 1.82) is 0 Å². The van der Waals surface area contributed by atoms with Crippen LogP contribution in [0.25, 0.3) is 10.9 Å². The van der Waals surface area contributed by atoms with E-state index in [1.807, 2.05) is 4.57 Å². The summed E-state index contributed by atoms with van der Waals surface area (Å²) < 4.78 is 14.4. The van der Waals surface area contributed by atoms with E-state index in [1.165, 1.54) is 6.20 Å². The second-order valence-corrected chi connectivity index (χ2v) is 15.1. The highest BCUT2D eigenvalue weighted by molar-refractivity contribution is 9.10. The highest BCUT2D eigenvalue weighted by atomic mass is 79.9. The maximum Gasteiger partial charge on any atom is 0.341 e. The molecular formula is C22H32BrNO5Si. The number of pyridine rings is 1. The van der Waals surface area contributed by atoms with E-state index in [2.05, 4.69) is 63.6 Å². The summed E-state index contributed by atoms with van der Waals surface area (Å²) in [6, 6.07) is 3.26. The SMILES string of the molecule is COc1cc2c(cc1Br)c(=O)c(C(=O)O)cn2C(CO[Si](C)(C)C(C)(C)C)C(C)C. The second kappa shape index (κ2) is 8.84. The Kier molecular flexibility index (Phi) is 7.26. The normalized spacial score (nSPS) is 13.7. The maximum absolute atomic E-state index is 12.8. The number of carboxylic acid groups (broad SMARTS) is 1. The van der Waals surface area contributed by atoms with Crippen molar-refractivity contribution in [2.75, 3.05) is 13.7 Å². The molecule has 0 saturated carbocycles. The number of nitrogens with zero attached hydrogens (tertiary/aromatic N) is 1. The zero-order valence-corrected chi connectivity index (χ0v) is 21.6. The van der Waals surface area contributed by atoms with E-state index in [1.54, 1.807) is 19.2 Å². The van der Waals surface area contributed by atoms with Gasteiger partial charge >= 0.3 is 5.97 Å². The first-order chi connectivity index (χ1) is 13.7. The standard InChI is InChI=1S/C22H32BrNO5Si/c1-13(2)18(12-29-30(7,8)22(3,4)5)24-11-15(21(26)27)20(25)14-9-16(23)19(28-6)10-17(14)24/h9-11,13,18H,12H2,1-8H3,(H,26,27). The van der Waals surface area contributed by atoms with Gasteiger partial charge in [-0.1, -0.05) is 34.6 Å². The molecule has 2 rings (SSSR count). The van der Waals surface area contributed by atoms with Crippen LogP contribution in [0.1, 0.15) is 51.0 Å². The number of fused-ring (bicyclic) bond motifs is 1. The van der Waals surface area contributed by atoms with Gasteiger partial charge in [0.15, 0.2) is 8.32 Å². The molecule has 0 aliphatic carbocycles. The minimum atomic E-state index is -2.01. The van der Waals surface area contributed by atoms with Gasteiger partial charge in [0.25, 0.3) is 0 Å². The van der Waals surface area contributed by atoms with Crippen LogP contribution >= 0.6 is 15.9 Å². The lowest BCUT2D eigenvalue weighted by molar-refractivity contribution is 0.0694. The number of hydrogen-bond donors (Lipinski definition) is 1. The van der Waals surface area contributed by atoms with Crippen LogP contribution in [-0.2, 0) is 4.43 Å². The summed E-state index contributed by atoms with van der Waals surface area (Å²) in [6.07, 6.45) is 1.44. The van der Waals surface area contributed by atoms with E-state index in [0.717, 1.165) is 0 Å². The van der Waals surface area contributed by atoms with Crippen LogP contribution in [0.15, 0.2) is 27.6 Å². The number of carbonyl (C=O) groups is 1. The van der Waals surface area contributed by atoms with Crippen molar-refractivity contribution in [3.63, 3.8) is 0 Å². The average Bonchev–Trinajstić information content (AvgIpc) is 2.61. The van der Waals surface area contributed by atoms with Gasteiger partial charge in [0.1, 0.15) is 11.3 Å². The summed E-state index contributed by atoms with van der Waals surface area (Å²) in [5, 5.41) is 10.0. The molecule has 0 fully saturated rings. The highest BCUT2D eigenvalue weighted by Gasteiger charge is 2.38. The number of rotatable bonds is 7. The summed E-state index contributed by atoms with van der Waals surface area (Å²) >= 11 is 3.40. The lowest BCUT2D eigenvalue weighted by Gasteiger charge is -2.38. The molecule has 0 bridgehead atoms. The Morgan fingerprint density at radius 1 is 1.27 bits per heavy atom. The zero-order chi connectivity index (χ0) is 23.0. The summed E-state index contributed by atoms with van der Waals surface area (Å²) in [5.41, 5.74) is -0.134. The third kappa shape index (κ3) is 4.81. The predicted octanol–water partition coefficient (Wildman–Crippen LogP) is 5.69. The van der Waals surface area contributed by atoms with E-state index in [-0.39, 0.29) is 22.6 Å². The fourth-order valence-electron chi connectivity index (χ4n) is 3.04. The van der Waals surface area contributed by atoms with Crippen molar-refractivity contribution < 1.29 is 19.1 Å². The fraction of sp³-hybridized carbons (Fsp3) is 0.545. The monoisotopic (exact) mass is 497 g/mol. The fourth-order valence-corrected chi connectivity index (χ4v) is 4.56. The summed E-state index contributed by atoms with van der Waals surface area (Å²) in [7, 11) is -0.455. The van der Waals surface area contributed by atoms with Gasteiger partial charge in [-0.2, -0.15) is 0 Å². The number of ether oxygens (including phenoxy) is 1. The van der Waals surface area contributed by atoms with E-state index < -0.39 is 19.7 Å². The minimum Gasteiger partial charge on any atom is -0.495 e. The Morgan fingerprint density at radius 3 is 2.33 bits per heavy atom. The molecule has 0 aliphatic rings. The number of carboxylic acids is 1. The van der Waals surface area contributed by atoms with Crippen LogP contribution in [-0.4, -0.2) is 37.7 Å². The average molecular weight is 498 g/mol. The van der Waals surface area contributed by atoms with Gasteiger partial charge in [-0.3, -0.25) is 4.79 Å². The number of halogens is 1. The van der Waals surface area contributed by atoms with Crippen LogP contribution < -0.4 is 10.2 Å².